The first-order chi connectivity index (χ1) is 9.78. The second-order valence-corrected chi connectivity index (χ2v) is 5.88. The highest BCUT2D eigenvalue weighted by Gasteiger charge is 2.29. The van der Waals surface area contributed by atoms with Gasteiger partial charge in [-0.2, -0.15) is 0 Å². The molecular weight excluding hydrogens is 252 g/mol. The molecule has 0 aliphatic carbocycles. The van der Waals surface area contributed by atoms with Crippen molar-refractivity contribution in [2.45, 2.75) is 57.7 Å². The lowest BCUT2D eigenvalue weighted by Crippen LogP contribution is -2.52. The van der Waals surface area contributed by atoms with Crippen molar-refractivity contribution < 1.29 is 4.79 Å². The van der Waals surface area contributed by atoms with Crippen LogP contribution in [0.2, 0.25) is 0 Å². The van der Waals surface area contributed by atoms with Crippen molar-refractivity contribution in [1.82, 2.24) is 19.8 Å². The summed E-state index contributed by atoms with van der Waals surface area (Å²) in [5.41, 5.74) is 0. The van der Waals surface area contributed by atoms with Crippen LogP contribution < -0.4 is 5.32 Å². The summed E-state index contributed by atoms with van der Waals surface area (Å²) < 4.78 is 2.16. The third-order valence-corrected chi connectivity index (χ3v) is 4.60. The molecule has 1 amide bonds. The lowest BCUT2D eigenvalue weighted by molar-refractivity contribution is -0.128. The molecule has 110 valence electrons. The molecule has 5 heteroatoms. The van der Waals surface area contributed by atoms with Gasteiger partial charge in [-0.05, 0) is 32.4 Å². The Balaban J connectivity index is 1.59. The zero-order valence-electron chi connectivity index (χ0n) is 12.2. The van der Waals surface area contributed by atoms with E-state index in [0.29, 0.717) is 0 Å². The minimum atomic E-state index is 0.0814. The van der Waals surface area contributed by atoms with Crippen LogP contribution in [0.1, 0.15) is 38.4 Å². The van der Waals surface area contributed by atoms with Crippen LogP contribution in [0.3, 0.4) is 0 Å². The average molecular weight is 276 g/mol. The van der Waals surface area contributed by atoms with Gasteiger partial charge in [0, 0.05) is 31.4 Å². The highest BCUT2D eigenvalue weighted by molar-refractivity contribution is 5.82. The van der Waals surface area contributed by atoms with E-state index < -0.39 is 0 Å². The molecule has 1 fully saturated rings. The van der Waals surface area contributed by atoms with Crippen molar-refractivity contribution in [3.63, 3.8) is 0 Å². The largest absolute Gasteiger partial charge is 0.350 e. The van der Waals surface area contributed by atoms with Gasteiger partial charge < -0.3 is 9.88 Å². The van der Waals surface area contributed by atoms with Crippen LogP contribution in [-0.2, 0) is 17.8 Å². The van der Waals surface area contributed by atoms with E-state index in [1.807, 2.05) is 12.4 Å². The molecule has 2 aliphatic heterocycles. The number of carbonyl (C=O) groups is 1. The summed E-state index contributed by atoms with van der Waals surface area (Å²) in [7, 11) is 0. The third-order valence-electron chi connectivity index (χ3n) is 4.60. The highest BCUT2D eigenvalue weighted by Crippen LogP contribution is 2.18. The Morgan fingerprint density at radius 2 is 2.35 bits per heavy atom. The van der Waals surface area contributed by atoms with Gasteiger partial charge in [0.2, 0.25) is 5.91 Å². The van der Waals surface area contributed by atoms with Gasteiger partial charge in [-0.15, -0.1) is 0 Å². The van der Waals surface area contributed by atoms with Gasteiger partial charge in [0.05, 0.1) is 6.04 Å². The van der Waals surface area contributed by atoms with Crippen molar-refractivity contribution in [3.8, 4) is 0 Å². The summed E-state index contributed by atoms with van der Waals surface area (Å²) in [5, 5.41) is 3.25. The van der Waals surface area contributed by atoms with Crippen LogP contribution in [0, 0.1) is 0 Å². The predicted octanol–water partition coefficient (Wildman–Crippen LogP) is 1.19. The molecule has 2 aliphatic rings. The minimum Gasteiger partial charge on any atom is -0.350 e. The fourth-order valence-corrected chi connectivity index (χ4v) is 3.45. The Hall–Kier alpha value is -1.36. The van der Waals surface area contributed by atoms with Gasteiger partial charge in [0.1, 0.15) is 5.82 Å². The predicted molar refractivity (Wildman–Crippen MR) is 77.4 cm³/mol. The highest BCUT2D eigenvalue weighted by atomic mass is 16.2. The van der Waals surface area contributed by atoms with E-state index in [1.54, 1.807) is 0 Å². The van der Waals surface area contributed by atoms with E-state index in [0.717, 1.165) is 44.7 Å². The van der Waals surface area contributed by atoms with Gasteiger partial charge in [-0.3, -0.25) is 9.69 Å². The third kappa shape index (κ3) is 2.73. The number of rotatable bonds is 3. The van der Waals surface area contributed by atoms with Crippen molar-refractivity contribution in [2.75, 3.05) is 13.1 Å². The van der Waals surface area contributed by atoms with E-state index in [4.69, 9.17) is 0 Å². The van der Waals surface area contributed by atoms with Gasteiger partial charge in [0.15, 0.2) is 0 Å². The Kier molecular flexibility index (Phi) is 4.05. The fourth-order valence-electron chi connectivity index (χ4n) is 3.45. The first-order valence-electron chi connectivity index (χ1n) is 7.82. The lowest BCUT2D eigenvalue weighted by Gasteiger charge is -2.35. The van der Waals surface area contributed by atoms with Crippen LogP contribution in [0.25, 0.3) is 0 Å². The second-order valence-electron chi connectivity index (χ2n) is 5.88. The van der Waals surface area contributed by atoms with Crippen LogP contribution >= 0.6 is 0 Å². The van der Waals surface area contributed by atoms with Gasteiger partial charge in [-0.25, -0.2) is 4.98 Å². The van der Waals surface area contributed by atoms with Gasteiger partial charge >= 0.3 is 0 Å². The summed E-state index contributed by atoms with van der Waals surface area (Å²) in [6.45, 7) is 5.03. The topological polar surface area (TPSA) is 50.2 Å². The molecule has 2 atom stereocenters. The molecule has 1 N–H and O–H groups in total. The summed E-state index contributed by atoms with van der Waals surface area (Å²) in [4.78, 5) is 19.1. The number of piperidine rings is 1. The number of aryl methyl sites for hydroxylation is 1. The number of amides is 1. The summed E-state index contributed by atoms with van der Waals surface area (Å²) in [6, 6.07) is 0.336. The first-order valence-corrected chi connectivity index (χ1v) is 7.82. The van der Waals surface area contributed by atoms with E-state index in [-0.39, 0.29) is 18.0 Å². The van der Waals surface area contributed by atoms with Crippen molar-refractivity contribution in [1.29, 1.82) is 0 Å². The van der Waals surface area contributed by atoms with Crippen molar-refractivity contribution in [3.05, 3.63) is 18.2 Å². The maximum atomic E-state index is 12.5. The van der Waals surface area contributed by atoms with E-state index in [2.05, 4.69) is 26.7 Å². The molecule has 1 aromatic rings. The summed E-state index contributed by atoms with van der Waals surface area (Å²) >= 11 is 0. The molecule has 1 aromatic heterocycles. The molecule has 0 spiro atoms. The molecule has 5 nitrogen and oxygen atoms in total. The number of likely N-dealkylation sites (N-methyl/N-ethyl adjacent to an activating group) is 1. The number of hydrogen-bond donors (Lipinski definition) is 1. The van der Waals surface area contributed by atoms with Gasteiger partial charge in [-0.1, -0.05) is 13.3 Å². The van der Waals surface area contributed by atoms with E-state index >= 15 is 0 Å². The van der Waals surface area contributed by atoms with Gasteiger partial charge in [0.25, 0.3) is 0 Å². The molecular formula is C15H24N4O. The van der Waals surface area contributed by atoms with Crippen LogP contribution in [0.15, 0.2) is 12.4 Å². The lowest BCUT2D eigenvalue weighted by atomic mass is 10.00. The molecule has 0 saturated carbocycles. The van der Waals surface area contributed by atoms with E-state index in [1.165, 1.54) is 12.8 Å². The average Bonchev–Trinajstić information content (AvgIpc) is 2.94. The van der Waals surface area contributed by atoms with Crippen molar-refractivity contribution >= 4 is 5.91 Å². The summed E-state index contributed by atoms with van der Waals surface area (Å²) in [5.74, 6) is 1.36. The maximum Gasteiger partial charge on any atom is 0.237 e. The number of hydrogen-bond acceptors (Lipinski definition) is 3. The monoisotopic (exact) mass is 276 g/mol. The number of imidazole rings is 1. The molecule has 1 saturated heterocycles. The number of fused-ring (bicyclic) bond motifs is 1. The molecule has 0 aromatic carbocycles. The zero-order chi connectivity index (χ0) is 13.9. The number of aromatic nitrogens is 2. The normalized spacial score (nSPS) is 27.1. The van der Waals surface area contributed by atoms with Crippen LogP contribution in [0.4, 0.5) is 0 Å². The summed E-state index contributed by atoms with van der Waals surface area (Å²) in [6.07, 6.45) is 9.21. The second kappa shape index (κ2) is 5.95. The smallest absolute Gasteiger partial charge is 0.237 e. The molecule has 0 radical (unpaired) electrons. The SMILES string of the molecule is CCN1CCCC[C@@H]1C(=O)N[C@H]1CCc2nccn2C1. The molecule has 3 heterocycles. The molecule has 0 unspecified atom stereocenters. The minimum absolute atomic E-state index is 0.0814. The Morgan fingerprint density at radius 1 is 1.45 bits per heavy atom. The van der Waals surface area contributed by atoms with E-state index in [9.17, 15) is 4.79 Å². The number of nitrogens with one attached hydrogen (secondary N) is 1. The molecule has 20 heavy (non-hydrogen) atoms. The quantitative estimate of drug-likeness (QED) is 0.902. The Labute approximate surface area is 120 Å². The van der Waals surface area contributed by atoms with Crippen LogP contribution in [-0.4, -0.2) is 45.5 Å². The Bertz CT molecular complexity index is 470. The molecule has 0 bridgehead atoms. The fraction of sp³-hybridized carbons (Fsp3) is 0.733. The maximum absolute atomic E-state index is 12.5. The number of nitrogens with zero attached hydrogens (tertiary/aromatic N) is 3. The molecule has 3 rings (SSSR count). The number of likely N-dealkylation sites (tertiary alicyclic amines) is 1. The number of carbonyl (C=O) groups excluding carboxylic acids is 1. The first kappa shape index (κ1) is 13.6. The standard InChI is InChI=1S/C15H24N4O/c1-2-18-9-4-3-5-13(18)15(20)17-12-6-7-14-16-8-10-19(14)11-12/h8,10,12-13H,2-7,9,11H2,1H3,(H,17,20)/t12-,13+/m0/s1. The van der Waals surface area contributed by atoms with Crippen molar-refractivity contribution in [2.24, 2.45) is 0 Å². The Morgan fingerprint density at radius 3 is 3.20 bits per heavy atom. The zero-order valence-corrected chi connectivity index (χ0v) is 12.2. The van der Waals surface area contributed by atoms with Crippen LogP contribution in [0.5, 0.6) is 0 Å².